The highest BCUT2D eigenvalue weighted by Crippen LogP contribution is 2.24. The quantitative estimate of drug-likeness (QED) is 0.558. The molecule has 1 unspecified atom stereocenters. The van der Waals surface area contributed by atoms with Crippen molar-refractivity contribution in [2.75, 3.05) is 13.2 Å². The first-order valence-electron chi connectivity index (χ1n) is 9.75. The molecule has 0 bridgehead atoms. The minimum atomic E-state index is -0.706. The van der Waals surface area contributed by atoms with Gasteiger partial charge in [0.25, 0.3) is 5.91 Å². The zero-order valence-electron chi connectivity index (χ0n) is 17.0. The summed E-state index contributed by atoms with van der Waals surface area (Å²) in [6.45, 7) is 4.01. The first kappa shape index (κ1) is 24.0. The predicted octanol–water partition coefficient (Wildman–Crippen LogP) is 4.84. The van der Waals surface area contributed by atoms with Crippen LogP contribution in [0, 0.1) is 5.82 Å². The zero-order chi connectivity index (χ0) is 22.1. The third-order valence-electron chi connectivity index (χ3n) is 4.46. The Morgan fingerprint density at radius 2 is 1.87 bits per heavy atom. The Morgan fingerprint density at radius 1 is 1.13 bits per heavy atom. The molecule has 0 aliphatic heterocycles. The number of amides is 2. The number of rotatable bonds is 10. The van der Waals surface area contributed by atoms with E-state index >= 15 is 0 Å². The molecule has 162 valence electrons. The maximum absolute atomic E-state index is 13.8. The summed E-state index contributed by atoms with van der Waals surface area (Å²) in [5, 5.41) is 3.58. The maximum Gasteiger partial charge on any atom is 0.261 e. The van der Waals surface area contributed by atoms with Crippen LogP contribution in [-0.2, 0) is 16.1 Å². The van der Waals surface area contributed by atoms with E-state index in [0.717, 1.165) is 6.42 Å². The van der Waals surface area contributed by atoms with Crippen molar-refractivity contribution in [3.05, 3.63) is 63.9 Å². The van der Waals surface area contributed by atoms with E-state index in [1.54, 1.807) is 24.3 Å². The molecular weight excluding hydrogens is 430 g/mol. The summed E-state index contributed by atoms with van der Waals surface area (Å²) in [6, 6.07) is 10.2. The molecule has 2 rings (SSSR count). The Kier molecular flexibility index (Phi) is 9.40. The fraction of sp³-hybridized carbons (Fsp3) is 0.364. The van der Waals surface area contributed by atoms with Gasteiger partial charge in [0.1, 0.15) is 6.04 Å². The monoisotopic (exact) mass is 454 g/mol. The van der Waals surface area contributed by atoms with Gasteiger partial charge < -0.3 is 15.0 Å². The van der Waals surface area contributed by atoms with Gasteiger partial charge in [-0.25, -0.2) is 4.39 Å². The van der Waals surface area contributed by atoms with Crippen LogP contribution in [0.2, 0.25) is 10.0 Å². The van der Waals surface area contributed by atoms with Gasteiger partial charge in [-0.05, 0) is 42.7 Å². The number of para-hydroxylation sites is 1. The van der Waals surface area contributed by atoms with Crippen LogP contribution in [-0.4, -0.2) is 35.9 Å². The molecule has 1 N–H and O–H groups in total. The summed E-state index contributed by atoms with van der Waals surface area (Å²) in [5.41, 5.74) is 0.713. The molecule has 2 aromatic carbocycles. The SMILES string of the molecule is CCCNC(=O)C(CC)N(Cc1ccc(Cl)c(Cl)c1)C(=O)COc1ccccc1F. The second kappa shape index (κ2) is 11.8. The summed E-state index contributed by atoms with van der Waals surface area (Å²) >= 11 is 12.1. The van der Waals surface area contributed by atoms with Gasteiger partial charge in [-0.15, -0.1) is 0 Å². The van der Waals surface area contributed by atoms with Crippen LogP contribution in [0.3, 0.4) is 0 Å². The normalized spacial score (nSPS) is 11.6. The van der Waals surface area contributed by atoms with Crippen LogP contribution in [0.15, 0.2) is 42.5 Å². The lowest BCUT2D eigenvalue weighted by atomic mass is 10.1. The van der Waals surface area contributed by atoms with Crippen LogP contribution >= 0.6 is 23.2 Å². The fourth-order valence-electron chi connectivity index (χ4n) is 2.90. The van der Waals surface area contributed by atoms with E-state index in [-0.39, 0.29) is 18.2 Å². The number of benzene rings is 2. The lowest BCUT2D eigenvalue weighted by Crippen LogP contribution is -2.50. The predicted molar refractivity (Wildman–Crippen MR) is 116 cm³/mol. The van der Waals surface area contributed by atoms with Crippen molar-refractivity contribution in [3.63, 3.8) is 0 Å². The van der Waals surface area contributed by atoms with Crippen molar-refractivity contribution in [2.45, 2.75) is 39.3 Å². The summed E-state index contributed by atoms with van der Waals surface area (Å²) < 4.78 is 19.2. The van der Waals surface area contributed by atoms with Gasteiger partial charge in [0.05, 0.1) is 10.0 Å². The molecule has 0 saturated carbocycles. The molecule has 0 aromatic heterocycles. The minimum Gasteiger partial charge on any atom is -0.481 e. The van der Waals surface area contributed by atoms with Gasteiger partial charge in [-0.3, -0.25) is 9.59 Å². The third-order valence-corrected chi connectivity index (χ3v) is 5.20. The summed E-state index contributed by atoms with van der Waals surface area (Å²) in [4.78, 5) is 27.1. The number of nitrogens with zero attached hydrogens (tertiary/aromatic N) is 1. The molecule has 0 fully saturated rings. The topological polar surface area (TPSA) is 58.6 Å². The lowest BCUT2D eigenvalue weighted by molar-refractivity contribution is -0.143. The van der Waals surface area contributed by atoms with Crippen molar-refractivity contribution in [1.82, 2.24) is 10.2 Å². The van der Waals surface area contributed by atoms with Gasteiger partial charge in [-0.1, -0.05) is 55.2 Å². The molecule has 5 nitrogen and oxygen atoms in total. The van der Waals surface area contributed by atoms with E-state index < -0.39 is 24.4 Å². The average Bonchev–Trinajstić information content (AvgIpc) is 2.73. The van der Waals surface area contributed by atoms with Crippen molar-refractivity contribution in [3.8, 4) is 5.75 Å². The van der Waals surface area contributed by atoms with Crippen molar-refractivity contribution in [2.24, 2.45) is 0 Å². The number of ether oxygens (including phenoxy) is 1. The Morgan fingerprint density at radius 3 is 2.50 bits per heavy atom. The van der Waals surface area contributed by atoms with Gasteiger partial charge in [-0.2, -0.15) is 0 Å². The number of nitrogens with one attached hydrogen (secondary N) is 1. The number of hydrogen-bond acceptors (Lipinski definition) is 3. The average molecular weight is 455 g/mol. The summed E-state index contributed by atoms with van der Waals surface area (Å²) in [5.74, 6) is -1.28. The van der Waals surface area contributed by atoms with E-state index in [9.17, 15) is 14.0 Å². The molecule has 0 heterocycles. The molecule has 2 amide bonds. The molecule has 0 radical (unpaired) electrons. The van der Waals surface area contributed by atoms with Crippen LogP contribution in [0.5, 0.6) is 5.75 Å². The van der Waals surface area contributed by atoms with Gasteiger partial charge in [0.15, 0.2) is 18.2 Å². The van der Waals surface area contributed by atoms with Crippen LogP contribution < -0.4 is 10.1 Å². The number of carbonyl (C=O) groups excluding carboxylic acids is 2. The highest BCUT2D eigenvalue weighted by molar-refractivity contribution is 6.42. The molecule has 0 aliphatic carbocycles. The maximum atomic E-state index is 13.8. The lowest BCUT2D eigenvalue weighted by Gasteiger charge is -2.30. The van der Waals surface area contributed by atoms with Gasteiger partial charge in [0, 0.05) is 13.1 Å². The smallest absolute Gasteiger partial charge is 0.261 e. The van der Waals surface area contributed by atoms with Crippen LogP contribution in [0.1, 0.15) is 32.3 Å². The Labute approximate surface area is 186 Å². The number of halogens is 3. The van der Waals surface area contributed by atoms with Gasteiger partial charge >= 0.3 is 0 Å². The number of hydrogen-bond donors (Lipinski definition) is 1. The largest absolute Gasteiger partial charge is 0.481 e. The van der Waals surface area contributed by atoms with E-state index in [1.807, 2.05) is 13.8 Å². The van der Waals surface area contributed by atoms with E-state index in [0.29, 0.717) is 28.6 Å². The Bertz CT molecular complexity index is 879. The summed E-state index contributed by atoms with van der Waals surface area (Å²) in [6.07, 6.45) is 1.18. The molecule has 0 aliphatic rings. The van der Waals surface area contributed by atoms with E-state index in [1.165, 1.54) is 23.1 Å². The molecule has 30 heavy (non-hydrogen) atoms. The molecule has 0 saturated heterocycles. The highest BCUT2D eigenvalue weighted by atomic mass is 35.5. The fourth-order valence-corrected chi connectivity index (χ4v) is 3.23. The molecule has 0 spiro atoms. The standard InChI is InChI=1S/C22H25Cl2FN2O3/c1-3-11-26-22(29)19(4-2)27(13-15-9-10-16(23)17(24)12-15)21(28)14-30-20-8-6-5-7-18(20)25/h5-10,12,19H,3-4,11,13-14H2,1-2H3,(H,26,29). The zero-order valence-corrected chi connectivity index (χ0v) is 18.5. The van der Waals surface area contributed by atoms with Gasteiger partial charge in [0.2, 0.25) is 5.91 Å². The van der Waals surface area contributed by atoms with Crippen molar-refractivity contribution in [1.29, 1.82) is 0 Å². The van der Waals surface area contributed by atoms with Crippen molar-refractivity contribution >= 4 is 35.0 Å². The van der Waals surface area contributed by atoms with Crippen molar-refractivity contribution < 1.29 is 18.7 Å². The summed E-state index contributed by atoms with van der Waals surface area (Å²) in [7, 11) is 0. The first-order valence-corrected chi connectivity index (χ1v) is 10.5. The van der Waals surface area contributed by atoms with Crippen LogP contribution in [0.25, 0.3) is 0 Å². The van der Waals surface area contributed by atoms with Crippen LogP contribution in [0.4, 0.5) is 4.39 Å². The second-order valence-corrected chi connectivity index (χ2v) is 7.52. The van der Waals surface area contributed by atoms with E-state index in [4.69, 9.17) is 27.9 Å². The molecule has 2 aromatic rings. The first-order chi connectivity index (χ1) is 14.4. The minimum absolute atomic E-state index is 0.0242. The van der Waals surface area contributed by atoms with E-state index in [2.05, 4.69) is 5.32 Å². The molecular formula is C22H25Cl2FN2O3. The molecule has 1 atom stereocenters. The Hall–Kier alpha value is -2.31. The Balaban J connectivity index is 2.23. The molecule has 8 heteroatoms. The highest BCUT2D eigenvalue weighted by Gasteiger charge is 2.29. The second-order valence-electron chi connectivity index (χ2n) is 6.70. The third kappa shape index (κ3) is 6.61. The number of carbonyl (C=O) groups is 2.